The number of halogens is 2. The van der Waals surface area contributed by atoms with Crippen molar-refractivity contribution >= 4 is 34.2 Å². The Balaban J connectivity index is 1.88. The molecule has 2 rings (SSSR count). The molecule has 1 aromatic carbocycles. The van der Waals surface area contributed by atoms with Crippen molar-refractivity contribution in [2.45, 2.75) is 19.3 Å². The van der Waals surface area contributed by atoms with Gasteiger partial charge in [-0.1, -0.05) is 0 Å². The maximum absolute atomic E-state index is 12.9. The molecule has 0 aromatic heterocycles. The van der Waals surface area contributed by atoms with Crippen molar-refractivity contribution in [1.29, 1.82) is 0 Å². The Morgan fingerprint density at radius 3 is 2.72 bits per heavy atom. The molecular formula is C13H16FIN2O. The summed E-state index contributed by atoms with van der Waals surface area (Å²) in [6, 6.07) is 4.52. The van der Waals surface area contributed by atoms with Crippen LogP contribution in [0.3, 0.4) is 0 Å². The fraction of sp³-hybridized carbons (Fsp3) is 0.462. The van der Waals surface area contributed by atoms with E-state index in [0.717, 1.165) is 35.2 Å². The number of carbonyl (C=O) groups is 1. The fourth-order valence-electron chi connectivity index (χ4n) is 2.06. The zero-order valence-corrected chi connectivity index (χ0v) is 12.2. The quantitative estimate of drug-likeness (QED) is 0.839. The zero-order valence-electron chi connectivity index (χ0n) is 10.1. The van der Waals surface area contributed by atoms with Crippen molar-refractivity contribution in [2.24, 2.45) is 0 Å². The van der Waals surface area contributed by atoms with Crippen LogP contribution in [0, 0.1) is 9.39 Å². The molecule has 0 spiro atoms. The van der Waals surface area contributed by atoms with Crippen LogP contribution in [-0.2, 0) is 4.79 Å². The van der Waals surface area contributed by atoms with Crippen molar-refractivity contribution in [3.05, 3.63) is 27.6 Å². The van der Waals surface area contributed by atoms with Crippen molar-refractivity contribution in [1.82, 2.24) is 4.90 Å². The predicted molar refractivity (Wildman–Crippen MR) is 78.0 cm³/mol. The Kier molecular flexibility index (Phi) is 4.79. The molecule has 5 heteroatoms. The van der Waals surface area contributed by atoms with Crippen molar-refractivity contribution < 1.29 is 9.18 Å². The number of hydrogen-bond donors (Lipinski definition) is 1. The van der Waals surface area contributed by atoms with Crippen LogP contribution in [0.25, 0.3) is 0 Å². The molecule has 1 aromatic rings. The monoisotopic (exact) mass is 362 g/mol. The van der Waals surface area contributed by atoms with Crippen LogP contribution < -0.4 is 5.32 Å². The summed E-state index contributed by atoms with van der Waals surface area (Å²) in [5.74, 6) is -0.137. The van der Waals surface area contributed by atoms with Crippen LogP contribution >= 0.6 is 22.6 Å². The lowest BCUT2D eigenvalue weighted by atomic mass is 10.1. The van der Waals surface area contributed by atoms with Gasteiger partial charge in [-0.25, -0.2) is 4.39 Å². The Labute approximate surface area is 120 Å². The summed E-state index contributed by atoms with van der Waals surface area (Å²) in [6.07, 6.45) is 3.41. The number of piperidine rings is 1. The van der Waals surface area contributed by atoms with Gasteiger partial charge in [-0.2, -0.15) is 0 Å². The number of nitrogens with zero attached hydrogens (tertiary/aromatic N) is 1. The van der Waals surface area contributed by atoms with E-state index in [1.165, 1.54) is 18.6 Å². The Morgan fingerprint density at radius 2 is 2.06 bits per heavy atom. The highest BCUT2D eigenvalue weighted by atomic mass is 127. The second-order valence-electron chi connectivity index (χ2n) is 4.42. The van der Waals surface area contributed by atoms with Crippen LogP contribution in [-0.4, -0.2) is 30.4 Å². The number of amides is 1. The second-order valence-corrected chi connectivity index (χ2v) is 5.58. The summed E-state index contributed by atoms with van der Waals surface area (Å²) in [4.78, 5) is 13.8. The van der Waals surface area contributed by atoms with Gasteiger partial charge in [0.1, 0.15) is 5.82 Å². The number of benzene rings is 1. The maximum Gasteiger partial charge on any atom is 0.241 e. The molecule has 1 N–H and O–H groups in total. The Bertz CT molecular complexity index is 433. The van der Waals surface area contributed by atoms with Crippen LogP contribution in [0.5, 0.6) is 0 Å². The lowest BCUT2D eigenvalue weighted by molar-refractivity contribution is -0.130. The summed E-state index contributed by atoms with van der Waals surface area (Å²) in [6.45, 7) is 2.00. The molecular weight excluding hydrogens is 346 g/mol. The van der Waals surface area contributed by atoms with E-state index in [2.05, 4.69) is 27.9 Å². The SMILES string of the molecule is O=C(CNc1ccc(F)cc1I)N1CCCCC1. The van der Waals surface area contributed by atoms with Gasteiger partial charge in [-0.3, -0.25) is 4.79 Å². The van der Waals surface area contributed by atoms with Crippen LogP contribution in [0.4, 0.5) is 10.1 Å². The second kappa shape index (κ2) is 6.36. The molecule has 0 aliphatic carbocycles. The topological polar surface area (TPSA) is 32.3 Å². The summed E-state index contributed by atoms with van der Waals surface area (Å²) in [5.41, 5.74) is 0.808. The molecule has 1 aliphatic rings. The van der Waals surface area contributed by atoms with E-state index in [4.69, 9.17) is 0 Å². The average Bonchev–Trinajstić information content (AvgIpc) is 2.38. The highest BCUT2D eigenvalue weighted by Crippen LogP contribution is 2.19. The van der Waals surface area contributed by atoms with E-state index < -0.39 is 0 Å². The first-order valence-corrected chi connectivity index (χ1v) is 7.21. The van der Waals surface area contributed by atoms with Gasteiger partial charge in [0, 0.05) is 22.3 Å². The molecule has 0 atom stereocenters. The number of likely N-dealkylation sites (tertiary alicyclic amines) is 1. The molecule has 1 saturated heterocycles. The van der Waals surface area contributed by atoms with Gasteiger partial charge < -0.3 is 10.2 Å². The fourth-order valence-corrected chi connectivity index (χ4v) is 2.73. The summed E-state index contributed by atoms with van der Waals surface area (Å²) < 4.78 is 13.7. The van der Waals surface area contributed by atoms with Gasteiger partial charge in [-0.05, 0) is 60.1 Å². The molecule has 0 radical (unpaired) electrons. The van der Waals surface area contributed by atoms with Gasteiger partial charge in [0.2, 0.25) is 5.91 Å². The Morgan fingerprint density at radius 1 is 1.33 bits per heavy atom. The van der Waals surface area contributed by atoms with Crippen LogP contribution in [0.15, 0.2) is 18.2 Å². The first-order valence-electron chi connectivity index (χ1n) is 6.13. The summed E-state index contributed by atoms with van der Waals surface area (Å²) in [7, 11) is 0. The van der Waals surface area contributed by atoms with Gasteiger partial charge in [-0.15, -0.1) is 0 Å². The number of nitrogens with one attached hydrogen (secondary N) is 1. The van der Waals surface area contributed by atoms with Crippen LogP contribution in [0.1, 0.15) is 19.3 Å². The van der Waals surface area contributed by atoms with E-state index >= 15 is 0 Å². The summed E-state index contributed by atoms with van der Waals surface area (Å²) >= 11 is 2.06. The normalized spacial score (nSPS) is 15.6. The van der Waals surface area contributed by atoms with Crippen molar-refractivity contribution in [3.8, 4) is 0 Å². The lowest BCUT2D eigenvalue weighted by Gasteiger charge is -2.27. The van der Waals surface area contributed by atoms with Gasteiger partial charge in [0.15, 0.2) is 0 Å². The van der Waals surface area contributed by atoms with E-state index in [9.17, 15) is 9.18 Å². The molecule has 3 nitrogen and oxygen atoms in total. The minimum Gasteiger partial charge on any atom is -0.375 e. The minimum absolute atomic E-state index is 0.120. The molecule has 0 bridgehead atoms. The zero-order chi connectivity index (χ0) is 13.0. The molecule has 0 unspecified atom stereocenters. The van der Waals surface area contributed by atoms with Crippen molar-refractivity contribution in [2.75, 3.05) is 25.0 Å². The summed E-state index contributed by atoms with van der Waals surface area (Å²) in [5, 5.41) is 3.07. The average molecular weight is 362 g/mol. The third-order valence-electron chi connectivity index (χ3n) is 3.07. The van der Waals surface area contributed by atoms with E-state index in [0.29, 0.717) is 0 Å². The predicted octanol–water partition coefficient (Wildman–Crippen LogP) is 2.85. The van der Waals surface area contributed by atoms with Crippen molar-refractivity contribution in [3.63, 3.8) is 0 Å². The van der Waals surface area contributed by atoms with Gasteiger partial charge in [0.25, 0.3) is 0 Å². The van der Waals surface area contributed by atoms with Gasteiger partial charge >= 0.3 is 0 Å². The van der Waals surface area contributed by atoms with Crippen LogP contribution in [0.2, 0.25) is 0 Å². The number of anilines is 1. The number of carbonyl (C=O) groups excluding carboxylic acids is 1. The Hall–Kier alpha value is -0.850. The molecule has 1 fully saturated rings. The van der Waals surface area contributed by atoms with E-state index in [1.807, 2.05) is 4.90 Å². The molecule has 1 heterocycles. The third-order valence-corrected chi connectivity index (χ3v) is 3.96. The van der Waals surface area contributed by atoms with Gasteiger partial charge in [0.05, 0.1) is 6.54 Å². The highest BCUT2D eigenvalue weighted by Gasteiger charge is 2.16. The first kappa shape index (κ1) is 13.6. The molecule has 18 heavy (non-hydrogen) atoms. The maximum atomic E-state index is 12.9. The molecule has 98 valence electrons. The third kappa shape index (κ3) is 3.57. The van der Waals surface area contributed by atoms with E-state index in [1.54, 1.807) is 6.07 Å². The standard InChI is InChI=1S/C13H16FIN2O/c14-10-4-5-12(11(15)8-10)16-9-13(18)17-6-2-1-3-7-17/h4-5,8,16H,1-3,6-7,9H2. The number of rotatable bonds is 3. The first-order chi connectivity index (χ1) is 8.66. The smallest absolute Gasteiger partial charge is 0.241 e. The number of hydrogen-bond acceptors (Lipinski definition) is 2. The minimum atomic E-state index is -0.257. The largest absolute Gasteiger partial charge is 0.375 e. The van der Waals surface area contributed by atoms with E-state index in [-0.39, 0.29) is 18.3 Å². The highest BCUT2D eigenvalue weighted by molar-refractivity contribution is 14.1. The lowest BCUT2D eigenvalue weighted by Crippen LogP contribution is -2.39. The molecule has 0 saturated carbocycles. The molecule has 1 amide bonds. The molecule has 1 aliphatic heterocycles.